The van der Waals surface area contributed by atoms with E-state index >= 15 is 0 Å². The lowest BCUT2D eigenvalue weighted by atomic mass is 9.65. The van der Waals surface area contributed by atoms with Crippen molar-refractivity contribution in [3.63, 3.8) is 0 Å². The van der Waals surface area contributed by atoms with Gasteiger partial charge in [-0.2, -0.15) is 0 Å². The smallest absolute Gasteiger partial charge is 0.159 e. The molecule has 2 rings (SSSR count). The molecule has 0 saturated carbocycles. The maximum absolute atomic E-state index is 11.8. The van der Waals surface area contributed by atoms with Crippen LogP contribution in [0.5, 0.6) is 0 Å². The molecule has 0 bridgehead atoms. The van der Waals surface area contributed by atoms with E-state index < -0.39 is 0 Å². The second-order valence-electron chi connectivity index (χ2n) is 13.0. The molecular weight excluding hydrogens is 360 g/mol. The molecule has 3 heteroatoms. The van der Waals surface area contributed by atoms with Crippen molar-refractivity contribution in [3.8, 4) is 0 Å². The third-order valence-corrected chi connectivity index (χ3v) is 6.13. The van der Waals surface area contributed by atoms with Crippen molar-refractivity contribution < 1.29 is 15.1 Å². The van der Waals surface area contributed by atoms with E-state index in [1.165, 1.54) is 0 Å². The summed E-state index contributed by atoms with van der Waals surface area (Å²) < 4.78 is 0. The van der Waals surface area contributed by atoms with Gasteiger partial charge in [0.25, 0.3) is 0 Å². The first-order valence-corrected chi connectivity index (χ1v) is 10.7. The molecule has 3 nitrogen and oxygen atoms in total. The van der Waals surface area contributed by atoms with E-state index in [1.807, 2.05) is 0 Å². The van der Waals surface area contributed by atoms with Crippen LogP contribution in [0.25, 0.3) is 0 Å². The first kappa shape index (κ1) is 27.8. The SMILES string of the molecule is CC(C)(C)C1C=CC(=O)C1C(C)(C)C.CC(C)(C)C1C=CC(=O)C1C(C)(C)C.O. The Labute approximate surface area is 179 Å². The summed E-state index contributed by atoms with van der Waals surface area (Å²) in [5.41, 5.74) is 0.498. The predicted octanol–water partition coefficient (Wildman–Crippen LogP) is 6.08. The normalized spacial score (nSPS) is 27.6. The molecule has 0 amide bonds. The second kappa shape index (κ2) is 8.88. The van der Waals surface area contributed by atoms with Crippen LogP contribution < -0.4 is 0 Å². The quantitative estimate of drug-likeness (QED) is 0.489. The molecule has 0 aliphatic heterocycles. The second-order valence-corrected chi connectivity index (χ2v) is 13.0. The van der Waals surface area contributed by atoms with Crippen molar-refractivity contribution in [1.29, 1.82) is 0 Å². The Kier molecular flexibility index (Phi) is 8.50. The molecule has 4 unspecified atom stereocenters. The Hall–Kier alpha value is -1.22. The molecule has 0 heterocycles. The van der Waals surface area contributed by atoms with E-state index in [9.17, 15) is 9.59 Å². The monoisotopic (exact) mass is 406 g/mol. The van der Waals surface area contributed by atoms with Crippen molar-refractivity contribution in [1.82, 2.24) is 0 Å². The average molecular weight is 407 g/mol. The number of carbonyl (C=O) groups is 2. The van der Waals surface area contributed by atoms with Gasteiger partial charge in [-0.05, 0) is 45.6 Å². The van der Waals surface area contributed by atoms with E-state index in [0.29, 0.717) is 23.4 Å². The van der Waals surface area contributed by atoms with Crippen molar-refractivity contribution in [2.24, 2.45) is 45.3 Å². The largest absolute Gasteiger partial charge is 0.412 e. The molecule has 0 aromatic rings. The average Bonchev–Trinajstić information content (AvgIpc) is 3.00. The summed E-state index contributed by atoms with van der Waals surface area (Å²) in [5, 5.41) is 0. The number of carbonyl (C=O) groups excluding carboxylic acids is 2. The lowest BCUT2D eigenvalue weighted by Crippen LogP contribution is -2.36. The first-order valence-electron chi connectivity index (χ1n) is 10.7. The molecule has 0 saturated heterocycles. The minimum atomic E-state index is 0. The van der Waals surface area contributed by atoms with E-state index in [0.717, 1.165) is 0 Å². The number of rotatable bonds is 0. The van der Waals surface area contributed by atoms with E-state index in [1.54, 1.807) is 12.2 Å². The Morgan fingerprint density at radius 2 is 0.759 bits per heavy atom. The zero-order valence-electron chi connectivity index (χ0n) is 20.9. The third kappa shape index (κ3) is 6.91. The van der Waals surface area contributed by atoms with Crippen molar-refractivity contribution in [2.45, 2.75) is 83.1 Å². The number of hydrogen-bond donors (Lipinski definition) is 0. The summed E-state index contributed by atoms with van der Waals surface area (Å²) in [5.74, 6) is 1.69. The molecule has 0 radical (unpaired) electrons. The van der Waals surface area contributed by atoms with Crippen LogP contribution in [-0.4, -0.2) is 17.0 Å². The topological polar surface area (TPSA) is 65.6 Å². The fraction of sp³-hybridized carbons (Fsp3) is 0.769. The summed E-state index contributed by atoms with van der Waals surface area (Å²) in [6, 6.07) is 0. The molecule has 2 N–H and O–H groups in total. The van der Waals surface area contributed by atoms with Gasteiger partial charge in [0, 0.05) is 11.8 Å². The van der Waals surface area contributed by atoms with Gasteiger partial charge in [-0.3, -0.25) is 9.59 Å². The van der Waals surface area contributed by atoms with Crippen LogP contribution in [0.15, 0.2) is 24.3 Å². The van der Waals surface area contributed by atoms with Gasteiger partial charge in [0.05, 0.1) is 0 Å². The highest BCUT2D eigenvalue weighted by Crippen LogP contribution is 2.46. The molecule has 4 atom stereocenters. The number of ketones is 2. The fourth-order valence-electron chi connectivity index (χ4n) is 4.69. The molecule has 0 aromatic heterocycles. The van der Waals surface area contributed by atoms with Crippen molar-refractivity contribution >= 4 is 11.6 Å². The van der Waals surface area contributed by atoms with Gasteiger partial charge in [-0.15, -0.1) is 0 Å². The van der Waals surface area contributed by atoms with Crippen LogP contribution >= 0.6 is 0 Å². The number of allylic oxidation sites excluding steroid dienone is 4. The van der Waals surface area contributed by atoms with Gasteiger partial charge < -0.3 is 5.48 Å². The van der Waals surface area contributed by atoms with Gasteiger partial charge >= 0.3 is 0 Å². The molecule has 29 heavy (non-hydrogen) atoms. The molecule has 2 aliphatic carbocycles. The molecular formula is C26H46O3. The third-order valence-electron chi connectivity index (χ3n) is 6.13. The molecule has 0 fully saturated rings. The van der Waals surface area contributed by atoms with Crippen LogP contribution in [0.3, 0.4) is 0 Å². The highest BCUT2D eigenvalue weighted by atomic mass is 16.1. The predicted molar refractivity (Wildman–Crippen MR) is 124 cm³/mol. The highest BCUT2D eigenvalue weighted by Gasteiger charge is 2.44. The van der Waals surface area contributed by atoms with Gasteiger partial charge in [0.15, 0.2) is 11.6 Å². The van der Waals surface area contributed by atoms with Crippen LogP contribution in [0.2, 0.25) is 0 Å². The molecule has 168 valence electrons. The van der Waals surface area contributed by atoms with Gasteiger partial charge in [-0.1, -0.05) is 95.2 Å². The summed E-state index contributed by atoms with van der Waals surface area (Å²) >= 11 is 0. The van der Waals surface area contributed by atoms with Crippen LogP contribution in [0, 0.1) is 45.3 Å². The molecule has 0 spiro atoms. The van der Waals surface area contributed by atoms with Gasteiger partial charge in [0.2, 0.25) is 0 Å². The van der Waals surface area contributed by atoms with Crippen LogP contribution in [-0.2, 0) is 9.59 Å². The Balaban J connectivity index is 0.000000523. The van der Waals surface area contributed by atoms with E-state index in [-0.39, 0.29) is 39.0 Å². The fourth-order valence-corrected chi connectivity index (χ4v) is 4.69. The van der Waals surface area contributed by atoms with Gasteiger partial charge in [-0.25, -0.2) is 0 Å². The first-order chi connectivity index (χ1) is 12.3. The Morgan fingerprint density at radius 3 is 0.897 bits per heavy atom. The van der Waals surface area contributed by atoms with Crippen LogP contribution in [0.1, 0.15) is 83.1 Å². The van der Waals surface area contributed by atoms with Crippen molar-refractivity contribution in [3.05, 3.63) is 24.3 Å². The highest BCUT2D eigenvalue weighted by molar-refractivity contribution is 5.95. The maximum atomic E-state index is 11.8. The summed E-state index contributed by atoms with van der Waals surface area (Å²) in [7, 11) is 0. The maximum Gasteiger partial charge on any atom is 0.159 e. The van der Waals surface area contributed by atoms with E-state index in [2.05, 4.69) is 95.2 Å². The molecule has 0 aromatic carbocycles. The van der Waals surface area contributed by atoms with Crippen LogP contribution in [0.4, 0.5) is 0 Å². The zero-order valence-corrected chi connectivity index (χ0v) is 20.9. The Morgan fingerprint density at radius 1 is 0.517 bits per heavy atom. The standard InChI is InChI=1S/2C13H22O.H2O/c2*1-12(2,3)9-7-8-10(14)11(9)13(4,5)6;/h2*7-9,11H,1-6H3;1H2. The van der Waals surface area contributed by atoms with Crippen molar-refractivity contribution in [2.75, 3.05) is 0 Å². The lowest BCUT2D eigenvalue weighted by molar-refractivity contribution is -0.123. The zero-order chi connectivity index (χ0) is 22.3. The minimum absolute atomic E-state index is 0. The number of hydrogen-bond acceptors (Lipinski definition) is 2. The summed E-state index contributed by atoms with van der Waals surface area (Å²) in [6.07, 6.45) is 7.73. The summed E-state index contributed by atoms with van der Waals surface area (Å²) in [4.78, 5) is 23.6. The lowest BCUT2D eigenvalue weighted by Gasteiger charge is -2.38. The van der Waals surface area contributed by atoms with E-state index in [4.69, 9.17) is 0 Å². The molecule has 2 aliphatic rings. The van der Waals surface area contributed by atoms with Gasteiger partial charge in [0.1, 0.15) is 0 Å². The Bertz CT molecular complexity index is 581. The minimum Gasteiger partial charge on any atom is -0.412 e. The summed E-state index contributed by atoms with van der Waals surface area (Å²) in [6.45, 7) is 26.2.